The molecule has 0 aliphatic heterocycles. The number of carbonyl (C=O) groups is 1. The van der Waals surface area contributed by atoms with Gasteiger partial charge < -0.3 is 9.84 Å². The highest BCUT2D eigenvalue weighted by Crippen LogP contribution is 2.20. The van der Waals surface area contributed by atoms with Gasteiger partial charge >= 0.3 is 5.97 Å². The third kappa shape index (κ3) is 2.73. The maximum Gasteiger partial charge on any atom is 0.338 e. The van der Waals surface area contributed by atoms with Crippen molar-refractivity contribution < 1.29 is 19.0 Å². The molecule has 5 nitrogen and oxygen atoms in total. The van der Waals surface area contributed by atoms with E-state index >= 15 is 0 Å². The highest BCUT2D eigenvalue weighted by molar-refractivity contribution is 5.91. The first kappa shape index (κ1) is 13.1. The molecule has 0 bridgehead atoms. The Kier molecular flexibility index (Phi) is 3.79. The summed E-state index contributed by atoms with van der Waals surface area (Å²) in [6.45, 7) is 2.48. The number of halogens is 1. The number of hydrogen-bond acceptors (Lipinski definition) is 3. The maximum absolute atomic E-state index is 13.8. The van der Waals surface area contributed by atoms with E-state index < -0.39 is 11.8 Å². The molecule has 0 radical (unpaired) electrons. The molecule has 1 N–H and O–H groups in total. The zero-order chi connectivity index (χ0) is 13.8. The lowest BCUT2D eigenvalue weighted by Crippen LogP contribution is -2.08. The van der Waals surface area contributed by atoms with Crippen LogP contribution in [0.25, 0.3) is 5.69 Å². The summed E-state index contributed by atoms with van der Waals surface area (Å²) < 4.78 is 20.3. The fourth-order valence-electron chi connectivity index (χ4n) is 1.64. The normalized spacial score (nSPS) is 10.4. The van der Waals surface area contributed by atoms with Gasteiger partial charge in [-0.1, -0.05) is 13.0 Å². The van der Waals surface area contributed by atoms with E-state index in [9.17, 15) is 9.18 Å². The van der Waals surface area contributed by atoms with Crippen molar-refractivity contribution in [3.63, 3.8) is 0 Å². The molecular weight excluding hydrogens is 251 g/mol. The summed E-state index contributed by atoms with van der Waals surface area (Å²) in [6.07, 6.45) is 3.72. The summed E-state index contributed by atoms with van der Waals surface area (Å²) >= 11 is 0. The largest absolute Gasteiger partial charge is 0.490 e. The summed E-state index contributed by atoms with van der Waals surface area (Å²) in [5, 5.41) is 13.0. The number of rotatable bonds is 5. The Morgan fingerprint density at radius 3 is 3.00 bits per heavy atom. The van der Waals surface area contributed by atoms with Crippen LogP contribution in [0.1, 0.15) is 23.7 Å². The standard InChI is InChI=1S/C13H13FN2O3/c1-2-6-19-9-7-15-16(8-9)12-10(13(17)18)4-3-5-11(12)14/h3-5,7-8H,2,6H2,1H3,(H,17,18). The Morgan fingerprint density at radius 2 is 2.32 bits per heavy atom. The number of para-hydroxylation sites is 1. The minimum Gasteiger partial charge on any atom is -0.490 e. The van der Waals surface area contributed by atoms with E-state index in [2.05, 4.69) is 5.10 Å². The Balaban J connectivity index is 2.41. The molecule has 0 fully saturated rings. The number of aromatic nitrogens is 2. The van der Waals surface area contributed by atoms with E-state index in [0.29, 0.717) is 12.4 Å². The first-order valence-electron chi connectivity index (χ1n) is 5.83. The molecular formula is C13H13FN2O3. The van der Waals surface area contributed by atoms with Crippen LogP contribution in [-0.4, -0.2) is 27.5 Å². The molecule has 0 amide bonds. The van der Waals surface area contributed by atoms with Gasteiger partial charge in [-0.3, -0.25) is 0 Å². The summed E-state index contributed by atoms with van der Waals surface area (Å²) in [7, 11) is 0. The van der Waals surface area contributed by atoms with Crippen molar-refractivity contribution in [1.82, 2.24) is 9.78 Å². The second-order valence-electron chi connectivity index (χ2n) is 3.91. The molecule has 0 unspecified atom stereocenters. The summed E-state index contributed by atoms with van der Waals surface area (Å²) in [6, 6.07) is 3.87. The summed E-state index contributed by atoms with van der Waals surface area (Å²) in [4.78, 5) is 11.1. The topological polar surface area (TPSA) is 64.4 Å². The van der Waals surface area contributed by atoms with Gasteiger partial charge in [0, 0.05) is 0 Å². The van der Waals surface area contributed by atoms with Crippen LogP contribution in [0.15, 0.2) is 30.6 Å². The fraction of sp³-hybridized carbons (Fsp3) is 0.231. The van der Waals surface area contributed by atoms with E-state index in [-0.39, 0.29) is 11.3 Å². The van der Waals surface area contributed by atoms with Crippen molar-refractivity contribution in [2.24, 2.45) is 0 Å². The molecule has 0 aliphatic carbocycles. The van der Waals surface area contributed by atoms with Gasteiger partial charge in [0.05, 0.1) is 24.6 Å². The van der Waals surface area contributed by atoms with Gasteiger partial charge in [-0.2, -0.15) is 5.10 Å². The minimum absolute atomic E-state index is 0.0960. The molecule has 1 heterocycles. The van der Waals surface area contributed by atoms with Crippen LogP contribution in [-0.2, 0) is 0 Å². The number of benzene rings is 1. The Bertz CT molecular complexity index is 595. The van der Waals surface area contributed by atoms with Gasteiger partial charge in [0.2, 0.25) is 0 Å². The van der Waals surface area contributed by atoms with E-state index in [1.807, 2.05) is 6.92 Å². The van der Waals surface area contributed by atoms with Crippen LogP contribution >= 0.6 is 0 Å². The van der Waals surface area contributed by atoms with Gasteiger partial charge in [-0.05, 0) is 18.6 Å². The Labute approximate surface area is 109 Å². The molecule has 0 atom stereocenters. The number of aromatic carboxylic acids is 1. The fourth-order valence-corrected chi connectivity index (χ4v) is 1.64. The van der Waals surface area contributed by atoms with E-state index in [0.717, 1.165) is 6.42 Å². The Morgan fingerprint density at radius 1 is 1.53 bits per heavy atom. The quantitative estimate of drug-likeness (QED) is 0.901. The third-order valence-electron chi connectivity index (χ3n) is 2.48. The molecule has 1 aromatic heterocycles. The smallest absolute Gasteiger partial charge is 0.338 e. The molecule has 2 rings (SSSR count). The highest BCUT2D eigenvalue weighted by Gasteiger charge is 2.17. The van der Waals surface area contributed by atoms with Gasteiger partial charge in [-0.25, -0.2) is 13.9 Å². The van der Waals surface area contributed by atoms with Crippen molar-refractivity contribution in [3.8, 4) is 11.4 Å². The van der Waals surface area contributed by atoms with Crippen LogP contribution in [0.3, 0.4) is 0 Å². The number of carboxylic acids is 1. The molecule has 6 heteroatoms. The average molecular weight is 264 g/mol. The molecule has 0 spiro atoms. The Hall–Kier alpha value is -2.37. The first-order chi connectivity index (χ1) is 9.13. The van der Waals surface area contributed by atoms with Crippen LogP contribution in [0.4, 0.5) is 4.39 Å². The van der Waals surface area contributed by atoms with Crippen molar-refractivity contribution in [2.45, 2.75) is 13.3 Å². The maximum atomic E-state index is 13.8. The predicted octanol–water partition coefficient (Wildman–Crippen LogP) is 2.50. The van der Waals surface area contributed by atoms with Gasteiger partial charge in [0.1, 0.15) is 11.5 Å². The van der Waals surface area contributed by atoms with Gasteiger partial charge in [0.15, 0.2) is 5.75 Å². The molecule has 2 aromatic rings. The zero-order valence-corrected chi connectivity index (χ0v) is 10.3. The van der Waals surface area contributed by atoms with Crippen LogP contribution in [0, 0.1) is 5.82 Å². The van der Waals surface area contributed by atoms with Crippen molar-refractivity contribution >= 4 is 5.97 Å². The zero-order valence-electron chi connectivity index (χ0n) is 10.3. The second-order valence-corrected chi connectivity index (χ2v) is 3.91. The lowest BCUT2D eigenvalue weighted by Gasteiger charge is -2.06. The minimum atomic E-state index is -1.21. The van der Waals surface area contributed by atoms with Gasteiger partial charge in [-0.15, -0.1) is 0 Å². The molecule has 100 valence electrons. The number of carboxylic acid groups (broad SMARTS) is 1. The molecule has 1 aromatic carbocycles. The van der Waals surface area contributed by atoms with Crippen LogP contribution < -0.4 is 4.74 Å². The predicted molar refractivity (Wildman–Crippen MR) is 66.3 cm³/mol. The monoisotopic (exact) mass is 264 g/mol. The average Bonchev–Trinajstić information content (AvgIpc) is 2.84. The molecule has 0 aliphatic rings. The SMILES string of the molecule is CCCOc1cnn(-c2c(F)cccc2C(=O)O)c1. The molecule has 0 saturated heterocycles. The lowest BCUT2D eigenvalue weighted by molar-refractivity contribution is 0.0696. The van der Waals surface area contributed by atoms with Gasteiger partial charge in [0.25, 0.3) is 0 Å². The second kappa shape index (κ2) is 5.51. The molecule has 19 heavy (non-hydrogen) atoms. The first-order valence-corrected chi connectivity index (χ1v) is 5.83. The van der Waals surface area contributed by atoms with Crippen molar-refractivity contribution in [2.75, 3.05) is 6.61 Å². The van der Waals surface area contributed by atoms with E-state index in [4.69, 9.17) is 9.84 Å². The van der Waals surface area contributed by atoms with E-state index in [1.165, 1.54) is 35.3 Å². The van der Waals surface area contributed by atoms with E-state index in [1.54, 1.807) is 0 Å². The highest BCUT2D eigenvalue weighted by atomic mass is 19.1. The lowest BCUT2D eigenvalue weighted by atomic mass is 10.1. The van der Waals surface area contributed by atoms with Crippen molar-refractivity contribution in [1.29, 1.82) is 0 Å². The number of ether oxygens (including phenoxy) is 1. The third-order valence-corrected chi connectivity index (χ3v) is 2.48. The van der Waals surface area contributed by atoms with Crippen LogP contribution in [0.2, 0.25) is 0 Å². The number of hydrogen-bond donors (Lipinski definition) is 1. The van der Waals surface area contributed by atoms with Crippen molar-refractivity contribution in [3.05, 3.63) is 42.0 Å². The summed E-state index contributed by atoms with van der Waals surface area (Å²) in [5.74, 6) is -1.38. The van der Waals surface area contributed by atoms with Crippen LogP contribution in [0.5, 0.6) is 5.75 Å². The molecule has 0 saturated carbocycles. The number of nitrogens with zero attached hydrogens (tertiary/aromatic N) is 2. The summed E-state index contributed by atoms with van der Waals surface area (Å²) in [5.41, 5.74) is -0.244.